The number of hydrogen-bond acceptors (Lipinski definition) is 3. The molecule has 0 saturated heterocycles. The molecule has 0 saturated carbocycles. The van der Waals surface area contributed by atoms with Gasteiger partial charge in [0.15, 0.2) is 0 Å². The molecular weight excluding hydrogens is 264 g/mol. The summed E-state index contributed by atoms with van der Waals surface area (Å²) in [7, 11) is -7.25. The summed E-state index contributed by atoms with van der Waals surface area (Å²) < 4.78 is 25.2. The Bertz CT molecular complexity index is 398. The molecule has 0 heterocycles. The van der Waals surface area contributed by atoms with Gasteiger partial charge in [-0.15, -0.1) is 4.89 Å². The minimum Gasteiger partial charge on any atom is -0.310 e. The molecule has 8 heteroatoms. The third kappa shape index (κ3) is 7.34. The Kier molecular flexibility index (Phi) is 7.39. The van der Waals surface area contributed by atoms with E-state index in [9.17, 15) is 9.13 Å². The van der Waals surface area contributed by atoms with Gasteiger partial charge in [0.2, 0.25) is 0 Å². The second kappa shape index (κ2) is 7.67. The van der Waals surface area contributed by atoms with Crippen molar-refractivity contribution >= 4 is 16.0 Å². The van der Waals surface area contributed by atoms with Crippen molar-refractivity contribution in [1.82, 2.24) is 5.09 Å². The molecular formula is C9H16NO5P2+. The maximum Gasteiger partial charge on any atom is 0.704 e. The predicted octanol–water partition coefficient (Wildman–Crippen LogP) is 2.22. The van der Waals surface area contributed by atoms with Gasteiger partial charge in [-0.2, -0.15) is 0 Å². The van der Waals surface area contributed by atoms with Gasteiger partial charge in [0, 0.05) is 11.1 Å². The van der Waals surface area contributed by atoms with Crippen LogP contribution in [0, 0.1) is 0 Å². The monoisotopic (exact) mass is 280 g/mol. The molecule has 1 rings (SSSR count). The van der Waals surface area contributed by atoms with Crippen LogP contribution in [0.15, 0.2) is 30.3 Å². The van der Waals surface area contributed by atoms with Crippen LogP contribution < -0.4 is 5.09 Å². The Labute approximate surface area is 101 Å². The van der Waals surface area contributed by atoms with Gasteiger partial charge in [-0.25, -0.2) is 9.65 Å². The van der Waals surface area contributed by atoms with Gasteiger partial charge in [0.25, 0.3) is 0 Å². The fourth-order valence-electron chi connectivity index (χ4n) is 1.11. The number of hydrogen-bond donors (Lipinski definition) is 3. The lowest BCUT2D eigenvalue weighted by Crippen LogP contribution is -2.14. The van der Waals surface area contributed by atoms with E-state index in [2.05, 4.69) is 9.40 Å². The fraction of sp³-hybridized carbons (Fsp3) is 0.333. The van der Waals surface area contributed by atoms with Crippen molar-refractivity contribution in [3.8, 4) is 0 Å². The summed E-state index contributed by atoms with van der Waals surface area (Å²) in [5.41, 5.74) is 0.989. The van der Waals surface area contributed by atoms with Crippen LogP contribution in [0.4, 0.5) is 0 Å². The van der Waals surface area contributed by atoms with Crippen molar-refractivity contribution < 1.29 is 23.2 Å². The molecule has 96 valence electrons. The Balaban J connectivity index is 0.00000256. The molecule has 0 fully saturated rings. The van der Waals surface area contributed by atoms with Crippen LogP contribution in [0.25, 0.3) is 0 Å². The van der Waals surface area contributed by atoms with E-state index < -0.39 is 16.0 Å². The standard InChI is InChI=1S/C8H11NO5P2.CH4/c10-15(11)14-16(12,13)9-7-6-8-4-2-1-3-5-8;/h1-5H,6-7H2,(H2-,9,10,11,12,13);1H4/p+1. The lowest BCUT2D eigenvalue weighted by Gasteiger charge is -2.05. The molecule has 0 amide bonds. The van der Waals surface area contributed by atoms with Crippen molar-refractivity contribution in [3.05, 3.63) is 35.9 Å². The van der Waals surface area contributed by atoms with Gasteiger partial charge in [-0.05, 0) is 16.3 Å². The Hall–Kier alpha value is -0.610. The SMILES string of the molecule is C.O=[P+](O)OP(=O)(O)NCCc1ccccc1. The zero-order valence-electron chi connectivity index (χ0n) is 8.31. The van der Waals surface area contributed by atoms with Gasteiger partial charge < -0.3 is 4.89 Å². The van der Waals surface area contributed by atoms with Crippen molar-refractivity contribution in [2.24, 2.45) is 0 Å². The first-order chi connectivity index (χ1) is 7.49. The second-order valence-electron chi connectivity index (χ2n) is 2.98. The molecule has 17 heavy (non-hydrogen) atoms. The maximum atomic E-state index is 11.1. The van der Waals surface area contributed by atoms with E-state index in [0.29, 0.717) is 6.42 Å². The van der Waals surface area contributed by atoms with Crippen LogP contribution >= 0.6 is 16.0 Å². The van der Waals surface area contributed by atoms with E-state index in [0.717, 1.165) is 5.56 Å². The molecule has 0 radical (unpaired) electrons. The molecule has 0 spiro atoms. The predicted molar refractivity (Wildman–Crippen MR) is 65.6 cm³/mol. The molecule has 1 aromatic rings. The summed E-state index contributed by atoms with van der Waals surface area (Å²) >= 11 is 0. The van der Waals surface area contributed by atoms with E-state index in [1.165, 1.54) is 0 Å². The molecule has 2 atom stereocenters. The van der Waals surface area contributed by atoms with E-state index in [4.69, 9.17) is 9.79 Å². The highest BCUT2D eigenvalue weighted by Crippen LogP contribution is 2.45. The summed E-state index contributed by atoms with van der Waals surface area (Å²) in [6, 6.07) is 9.33. The van der Waals surface area contributed by atoms with Gasteiger partial charge in [0.05, 0.1) is 0 Å². The summed E-state index contributed by atoms with van der Waals surface area (Å²) in [5, 5.41) is 2.18. The van der Waals surface area contributed by atoms with Crippen molar-refractivity contribution in [2.75, 3.05) is 6.54 Å². The fourth-order valence-corrected chi connectivity index (χ4v) is 2.49. The molecule has 0 bridgehead atoms. The normalized spacial score (nSPS) is 14.6. The summed E-state index contributed by atoms with van der Waals surface area (Å²) in [6.07, 6.45) is 0.525. The summed E-state index contributed by atoms with van der Waals surface area (Å²) in [5.74, 6) is 0. The van der Waals surface area contributed by atoms with Crippen LogP contribution in [0.5, 0.6) is 0 Å². The molecule has 0 aliphatic carbocycles. The Morgan fingerprint density at radius 3 is 2.47 bits per heavy atom. The first-order valence-corrected chi connectivity index (χ1v) is 7.18. The smallest absolute Gasteiger partial charge is 0.310 e. The Morgan fingerprint density at radius 1 is 1.35 bits per heavy atom. The molecule has 0 aliphatic rings. The molecule has 3 N–H and O–H groups in total. The van der Waals surface area contributed by atoms with E-state index in [1.54, 1.807) is 0 Å². The van der Waals surface area contributed by atoms with Crippen LogP contribution in [0.3, 0.4) is 0 Å². The van der Waals surface area contributed by atoms with Gasteiger partial charge in [-0.1, -0.05) is 37.8 Å². The topological polar surface area (TPSA) is 95.9 Å². The summed E-state index contributed by atoms with van der Waals surface area (Å²) in [4.78, 5) is 17.4. The zero-order chi connectivity index (χ0) is 12.0. The molecule has 6 nitrogen and oxygen atoms in total. The van der Waals surface area contributed by atoms with Gasteiger partial charge >= 0.3 is 16.0 Å². The van der Waals surface area contributed by atoms with Gasteiger partial charge in [-0.3, -0.25) is 0 Å². The highest BCUT2D eigenvalue weighted by atomic mass is 31.2. The molecule has 0 aliphatic heterocycles. The van der Waals surface area contributed by atoms with Crippen LogP contribution in [-0.4, -0.2) is 16.3 Å². The van der Waals surface area contributed by atoms with Crippen LogP contribution in [0.2, 0.25) is 0 Å². The molecule has 0 aromatic heterocycles. The van der Waals surface area contributed by atoms with E-state index >= 15 is 0 Å². The third-order valence-electron chi connectivity index (χ3n) is 1.75. The minimum absolute atomic E-state index is 0. The third-order valence-corrected chi connectivity index (χ3v) is 3.82. The Morgan fingerprint density at radius 2 is 1.94 bits per heavy atom. The zero-order valence-corrected chi connectivity index (χ0v) is 10.1. The maximum absolute atomic E-state index is 11.1. The van der Waals surface area contributed by atoms with Crippen LogP contribution in [0.1, 0.15) is 13.0 Å². The summed E-state index contributed by atoms with van der Waals surface area (Å²) in [6.45, 7) is 0.182. The minimum atomic E-state index is -4.17. The largest absolute Gasteiger partial charge is 0.704 e. The highest BCUT2D eigenvalue weighted by Gasteiger charge is 2.31. The van der Waals surface area contributed by atoms with Crippen molar-refractivity contribution in [1.29, 1.82) is 0 Å². The van der Waals surface area contributed by atoms with Crippen molar-refractivity contribution in [3.63, 3.8) is 0 Å². The van der Waals surface area contributed by atoms with E-state index in [-0.39, 0.29) is 14.0 Å². The van der Waals surface area contributed by atoms with Crippen molar-refractivity contribution in [2.45, 2.75) is 13.8 Å². The molecule has 2 unspecified atom stereocenters. The lowest BCUT2D eigenvalue weighted by molar-refractivity contribution is 0.339. The van der Waals surface area contributed by atoms with E-state index in [1.807, 2.05) is 30.3 Å². The first kappa shape index (κ1) is 16.4. The quantitative estimate of drug-likeness (QED) is 0.691. The first-order valence-electron chi connectivity index (χ1n) is 4.47. The highest BCUT2D eigenvalue weighted by molar-refractivity contribution is 7.58. The second-order valence-corrected chi connectivity index (χ2v) is 5.47. The molecule has 1 aromatic carbocycles. The lowest BCUT2D eigenvalue weighted by atomic mass is 10.2. The number of rotatable bonds is 6. The van der Waals surface area contributed by atoms with Gasteiger partial charge in [0.1, 0.15) is 0 Å². The number of benzene rings is 1. The average Bonchev–Trinajstić information content (AvgIpc) is 2.16. The van der Waals surface area contributed by atoms with Crippen LogP contribution in [-0.2, 0) is 19.9 Å². The average molecular weight is 280 g/mol. The number of nitrogens with one attached hydrogen (secondary N) is 1.